The van der Waals surface area contributed by atoms with E-state index >= 15 is 0 Å². The lowest BCUT2D eigenvalue weighted by molar-refractivity contribution is 0.0730. The van der Waals surface area contributed by atoms with Crippen LogP contribution >= 0.6 is 11.8 Å². The Morgan fingerprint density at radius 3 is 2.32 bits per heavy atom. The zero-order valence-corrected chi connectivity index (χ0v) is 19.0. The molecule has 5 rings (SSSR count). The Bertz CT molecular complexity index is 1400. The van der Waals surface area contributed by atoms with E-state index < -0.39 is 11.6 Å². The van der Waals surface area contributed by atoms with Crippen LogP contribution in [0.2, 0.25) is 0 Å². The van der Waals surface area contributed by atoms with Crippen molar-refractivity contribution in [2.24, 2.45) is 0 Å². The van der Waals surface area contributed by atoms with E-state index in [1.165, 1.54) is 0 Å². The molecule has 0 fully saturated rings. The SMILES string of the molecule is CC1(O)c2ccccc2Oc2cc(OC(=O)c3ccccc3SC(=O)c3ccccc3)ccc21. The van der Waals surface area contributed by atoms with Crippen LogP contribution in [0.15, 0.2) is 102 Å². The molecule has 1 aliphatic rings. The Hall–Kier alpha value is -3.87. The van der Waals surface area contributed by atoms with Crippen LogP contribution in [-0.2, 0) is 5.60 Å². The van der Waals surface area contributed by atoms with Crippen molar-refractivity contribution >= 4 is 22.8 Å². The molecule has 0 saturated heterocycles. The Balaban J connectivity index is 1.39. The van der Waals surface area contributed by atoms with E-state index in [1.807, 2.05) is 24.3 Å². The third-order valence-corrected chi connectivity index (χ3v) is 6.64. The quantitative estimate of drug-likeness (QED) is 0.218. The minimum Gasteiger partial charge on any atom is -0.456 e. The number of hydrogen-bond donors (Lipinski definition) is 1. The summed E-state index contributed by atoms with van der Waals surface area (Å²) in [5.74, 6) is 0.639. The highest BCUT2D eigenvalue weighted by molar-refractivity contribution is 8.14. The Morgan fingerprint density at radius 1 is 0.824 bits per heavy atom. The third-order valence-electron chi connectivity index (χ3n) is 5.64. The molecule has 4 aromatic carbocycles. The van der Waals surface area contributed by atoms with Gasteiger partial charge in [0.15, 0.2) is 0 Å². The van der Waals surface area contributed by atoms with Crippen LogP contribution in [0.25, 0.3) is 0 Å². The van der Waals surface area contributed by atoms with Crippen LogP contribution in [0.3, 0.4) is 0 Å². The molecule has 5 nitrogen and oxygen atoms in total. The largest absolute Gasteiger partial charge is 0.456 e. The first-order valence-corrected chi connectivity index (χ1v) is 11.5. The van der Waals surface area contributed by atoms with Crippen molar-refractivity contribution in [2.45, 2.75) is 17.4 Å². The van der Waals surface area contributed by atoms with E-state index in [9.17, 15) is 14.7 Å². The number of carbonyl (C=O) groups is 2. The van der Waals surface area contributed by atoms with Crippen LogP contribution < -0.4 is 9.47 Å². The second-order valence-corrected chi connectivity index (χ2v) is 8.98. The third kappa shape index (κ3) is 4.09. The molecule has 1 aliphatic heterocycles. The highest BCUT2D eigenvalue weighted by atomic mass is 32.2. The molecule has 0 radical (unpaired) electrons. The smallest absolute Gasteiger partial charge is 0.344 e. The lowest BCUT2D eigenvalue weighted by Gasteiger charge is -2.33. The van der Waals surface area contributed by atoms with Gasteiger partial charge in [-0.2, -0.15) is 0 Å². The summed E-state index contributed by atoms with van der Waals surface area (Å²) in [6, 6.07) is 27.9. The van der Waals surface area contributed by atoms with Crippen molar-refractivity contribution in [3.63, 3.8) is 0 Å². The fourth-order valence-corrected chi connectivity index (χ4v) is 4.76. The lowest BCUT2D eigenvalue weighted by atomic mass is 9.85. The van der Waals surface area contributed by atoms with Crippen LogP contribution in [0.4, 0.5) is 0 Å². The molecule has 1 heterocycles. The van der Waals surface area contributed by atoms with Gasteiger partial charge in [-0.25, -0.2) is 4.79 Å². The number of rotatable bonds is 4. The second kappa shape index (κ2) is 8.82. The lowest BCUT2D eigenvalue weighted by Crippen LogP contribution is -2.27. The normalized spacial score (nSPS) is 16.1. The first-order valence-electron chi connectivity index (χ1n) is 10.7. The number of ether oxygens (including phenoxy) is 2. The van der Waals surface area contributed by atoms with Crippen molar-refractivity contribution in [3.05, 3.63) is 119 Å². The van der Waals surface area contributed by atoms with Crippen molar-refractivity contribution in [2.75, 3.05) is 0 Å². The van der Waals surface area contributed by atoms with Gasteiger partial charge in [0.05, 0.1) is 5.56 Å². The summed E-state index contributed by atoms with van der Waals surface area (Å²) in [6.45, 7) is 1.70. The minimum absolute atomic E-state index is 0.163. The summed E-state index contributed by atoms with van der Waals surface area (Å²) in [5, 5.41) is 11.0. The number of carbonyl (C=O) groups excluding carboxylic acids is 2. The standard InChI is InChI=1S/C28H20O5S/c1-28(31)21-12-6-7-13-23(21)33-24-17-19(15-16-22(24)28)32-26(29)20-11-5-8-14-25(20)34-27(30)18-9-3-2-4-10-18/h2-17,31H,1H3. The second-order valence-electron chi connectivity index (χ2n) is 7.97. The molecule has 4 aromatic rings. The number of esters is 1. The molecular weight excluding hydrogens is 448 g/mol. The number of hydrogen-bond acceptors (Lipinski definition) is 6. The summed E-state index contributed by atoms with van der Waals surface area (Å²) >= 11 is 0.980. The first-order chi connectivity index (χ1) is 16.4. The number of benzene rings is 4. The summed E-state index contributed by atoms with van der Waals surface area (Å²) in [6.07, 6.45) is 0. The maximum Gasteiger partial charge on any atom is 0.344 e. The Morgan fingerprint density at radius 2 is 1.50 bits per heavy atom. The van der Waals surface area contributed by atoms with Crippen molar-refractivity contribution in [3.8, 4) is 17.2 Å². The molecular formula is C28H20O5S. The van der Waals surface area contributed by atoms with Crippen LogP contribution in [0.1, 0.15) is 38.8 Å². The average molecular weight is 469 g/mol. The molecule has 1 N–H and O–H groups in total. The van der Waals surface area contributed by atoms with Gasteiger partial charge in [0.25, 0.3) is 0 Å². The molecule has 0 aromatic heterocycles. The first kappa shape index (κ1) is 21.9. The molecule has 168 valence electrons. The van der Waals surface area contributed by atoms with Gasteiger partial charge >= 0.3 is 5.97 Å². The Labute approximate surface area is 201 Å². The summed E-state index contributed by atoms with van der Waals surface area (Å²) in [7, 11) is 0. The van der Waals surface area contributed by atoms with E-state index in [0.717, 1.165) is 11.8 Å². The Kier molecular flexibility index (Phi) is 5.69. The number of fused-ring (bicyclic) bond motifs is 2. The van der Waals surface area contributed by atoms with E-state index in [0.29, 0.717) is 33.1 Å². The molecule has 0 spiro atoms. The predicted octanol–water partition coefficient (Wildman–Crippen LogP) is 6.20. The van der Waals surface area contributed by atoms with Gasteiger partial charge in [-0.1, -0.05) is 60.7 Å². The minimum atomic E-state index is -1.24. The van der Waals surface area contributed by atoms with Gasteiger partial charge in [0.1, 0.15) is 22.8 Å². The average Bonchev–Trinajstić information content (AvgIpc) is 2.85. The highest BCUT2D eigenvalue weighted by Gasteiger charge is 2.36. The van der Waals surface area contributed by atoms with Gasteiger partial charge in [-0.05, 0) is 49.0 Å². The van der Waals surface area contributed by atoms with E-state index in [-0.39, 0.29) is 16.4 Å². The van der Waals surface area contributed by atoms with Gasteiger partial charge < -0.3 is 14.6 Å². The zero-order chi connectivity index (χ0) is 23.7. The van der Waals surface area contributed by atoms with Crippen LogP contribution in [0, 0.1) is 0 Å². The molecule has 6 heteroatoms. The topological polar surface area (TPSA) is 72.8 Å². The fourth-order valence-electron chi connectivity index (χ4n) is 3.89. The maximum atomic E-state index is 13.0. The molecule has 0 amide bonds. The zero-order valence-electron chi connectivity index (χ0n) is 18.2. The molecule has 0 saturated carbocycles. The van der Waals surface area contributed by atoms with E-state index in [1.54, 1.807) is 79.7 Å². The molecule has 1 unspecified atom stereocenters. The summed E-state index contributed by atoms with van der Waals surface area (Å²) in [5.41, 5.74) is 0.840. The van der Waals surface area contributed by atoms with Gasteiger partial charge in [-0.3, -0.25) is 4.79 Å². The number of thioether (sulfide) groups is 1. The van der Waals surface area contributed by atoms with Crippen molar-refractivity contribution in [1.29, 1.82) is 0 Å². The van der Waals surface area contributed by atoms with Gasteiger partial charge in [-0.15, -0.1) is 0 Å². The van der Waals surface area contributed by atoms with E-state index in [2.05, 4.69) is 0 Å². The molecule has 1 atom stereocenters. The van der Waals surface area contributed by atoms with Crippen LogP contribution in [-0.4, -0.2) is 16.2 Å². The van der Waals surface area contributed by atoms with Crippen molar-refractivity contribution in [1.82, 2.24) is 0 Å². The van der Waals surface area contributed by atoms with E-state index in [4.69, 9.17) is 9.47 Å². The molecule has 0 bridgehead atoms. The van der Waals surface area contributed by atoms with Gasteiger partial charge in [0.2, 0.25) is 5.12 Å². The summed E-state index contributed by atoms with van der Waals surface area (Å²) < 4.78 is 11.6. The highest BCUT2D eigenvalue weighted by Crippen LogP contribution is 2.47. The maximum absolute atomic E-state index is 13.0. The van der Waals surface area contributed by atoms with Gasteiger partial charge in [0, 0.05) is 27.7 Å². The number of para-hydroxylation sites is 1. The summed E-state index contributed by atoms with van der Waals surface area (Å²) in [4.78, 5) is 26.2. The van der Waals surface area contributed by atoms with Crippen molar-refractivity contribution < 1.29 is 24.2 Å². The van der Waals surface area contributed by atoms with Crippen LogP contribution in [0.5, 0.6) is 17.2 Å². The fraction of sp³-hybridized carbons (Fsp3) is 0.0714. The monoisotopic (exact) mass is 468 g/mol. The predicted molar refractivity (Wildman–Crippen MR) is 130 cm³/mol. The molecule has 34 heavy (non-hydrogen) atoms. The molecule has 0 aliphatic carbocycles. The number of aliphatic hydroxyl groups is 1.